The van der Waals surface area contributed by atoms with Crippen LogP contribution in [0.1, 0.15) is 10.4 Å². The van der Waals surface area contributed by atoms with Crippen molar-refractivity contribution in [2.45, 2.75) is 0 Å². The molecule has 5 heteroatoms. The molecule has 3 aromatic rings. The number of amides is 1. The van der Waals surface area contributed by atoms with Gasteiger partial charge < -0.3 is 9.80 Å². The third-order valence-corrected chi connectivity index (χ3v) is 4.54. The van der Waals surface area contributed by atoms with E-state index >= 15 is 0 Å². The minimum absolute atomic E-state index is 0.0508. The van der Waals surface area contributed by atoms with E-state index in [1.54, 1.807) is 17.1 Å². The first kappa shape index (κ1) is 15.4. The van der Waals surface area contributed by atoms with Crippen molar-refractivity contribution < 1.29 is 4.79 Å². The number of piperazine rings is 1. The van der Waals surface area contributed by atoms with Crippen LogP contribution in [-0.2, 0) is 0 Å². The highest BCUT2D eigenvalue weighted by molar-refractivity contribution is 5.94. The zero-order valence-corrected chi connectivity index (χ0v) is 14.0. The van der Waals surface area contributed by atoms with Crippen LogP contribution in [0.15, 0.2) is 73.1 Å². The number of hydrogen-bond donors (Lipinski definition) is 0. The van der Waals surface area contributed by atoms with E-state index in [0.717, 1.165) is 31.9 Å². The minimum atomic E-state index is 0.0508. The second-order valence-corrected chi connectivity index (χ2v) is 6.12. The number of benzene rings is 2. The molecule has 0 bridgehead atoms. The van der Waals surface area contributed by atoms with E-state index in [2.05, 4.69) is 22.1 Å². The van der Waals surface area contributed by atoms with Crippen LogP contribution in [0.4, 0.5) is 5.69 Å². The smallest absolute Gasteiger partial charge is 0.257 e. The van der Waals surface area contributed by atoms with Crippen molar-refractivity contribution in [1.82, 2.24) is 14.7 Å². The van der Waals surface area contributed by atoms with Gasteiger partial charge in [-0.25, -0.2) is 4.68 Å². The lowest BCUT2D eigenvalue weighted by Crippen LogP contribution is -2.48. The summed E-state index contributed by atoms with van der Waals surface area (Å²) in [7, 11) is 0. The van der Waals surface area contributed by atoms with Crippen LogP contribution in [0.3, 0.4) is 0 Å². The lowest BCUT2D eigenvalue weighted by atomic mass is 10.2. The first-order valence-corrected chi connectivity index (χ1v) is 8.50. The summed E-state index contributed by atoms with van der Waals surface area (Å²) in [5, 5.41) is 4.32. The molecule has 1 saturated heterocycles. The number of carbonyl (C=O) groups excluding carboxylic acids is 1. The highest BCUT2D eigenvalue weighted by atomic mass is 16.2. The first-order valence-electron chi connectivity index (χ1n) is 8.50. The van der Waals surface area contributed by atoms with Crippen LogP contribution in [-0.4, -0.2) is 46.8 Å². The molecule has 5 nitrogen and oxygen atoms in total. The summed E-state index contributed by atoms with van der Waals surface area (Å²) >= 11 is 0. The minimum Gasteiger partial charge on any atom is -0.368 e. The summed E-state index contributed by atoms with van der Waals surface area (Å²) in [6, 6.07) is 20.2. The molecular weight excluding hydrogens is 312 g/mol. The lowest BCUT2D eigenvalue weighted by molar-refractivity contribution is 0.0747. The summed E-state index contributed by atoms with van der Waals surface area (Å²) in [5.74, 6) is 0.0508. The maximum absolute atomic E-state index is 12.7. The van der Waals surface area contributed by atoms with Gasteiger partial charge in [0.25, 0.3) is 5.91 Å². The second-order valence-electron chi connectivity index (χ2n) is 6.12. The lowest BCUT2D eigenvalue weighted by Gasteiger charge is -2.36. The zero-order chi connectivity index (χ0) is 17.1. The monoisotopic (exact) mass is 332 g/mol. The topological polar surface area (TPSA) is 41.4 Å². The third-order valence-electron chi connectivity index (χ3n) is 4.54. The molecule has 0 aliphatic carbocycles. The molecular formula is C20H20N4O. The van der Waals surface area contributed by atoms with Gasteiger partial charge in [0.05, 0.1) is 17.4 Å². The van der Waals surface area contributed by atoms with Gasteiger partial charge in [0.2, 0.25) is 0 Å². The van der Waals surface area contributed by atoms with Crippen LogP contribution >= 0.6 is 0 Å². The van der Waals surface area contributed by atoms with Gasteiger partial charge in [-0.05, 0) is 24.3 Å². The van der Waals surface area contributed by atoms with E-state index in [4.69, 9.17) is 0 Å². The third kappa shape index (κ3) is 3.26. The molecule has 0 N–H and O–H groups in total. The first-order chi connectivity index (χ1) is 12.3. The number of rotatable bonds is 3. The summed E-state index contributed by atoms with van der Waals surface area (Å²) in [4.78, 5) is 17.0. The average molecular weight is 332 g/mol. The Balaban J connectivity index is 1.42. The number of hydrogen-bond acceptors (Lipinski definition) is 3. The van der Waals surface area contributed by atoms with E-state index in [9.17, 15) is 4.79 Å². The van der Waals surface area contributed by atoms with Gasteiger partial charge in [-0.2, -0.15) is 5.10 Å². The van der Waals surface area contributed by atoms with Crippen molar-refractivity contribution in [3.05, 3.63) is 78.6 Å². The SMILES string of the molecule is O=C(c1cnn(-c2ccccc2)c1)N1CCN(c2ccccc2)CC1. The fourth-order valence-corrected chi connectivity index (χ4v) is 3.14. The average Bonchev–Trinajstić information content (AvgIpc) is 3.19. The molecule has 0 unspecified atom stereocenters. The molecule has 1 aliphatic rings. The predicted molar refractivity (Wildman–Crippen MR) is 98.1 cm³/mol. The molecule has 25 heavy (non-hydrogen) atoms. The Morgan fingerprint density at radius 3 is 2.04 bits per heavy atom. The zero-order valence-electron chi connectivity index (χ0n) is 14.0. The van der Waals surface area contributed by atoms with Gasteiger partial charge in [0, 0.05) is 38.1 Å². The van der Waals surface area contributed by atoms with Gasteiger partial charge in [0.1, 0.15) is 0 Å². The maximum Gasteiger partial charge on any atom is 0.257 e. The van der Waals surface area contributed by atoms with Gasteiger partial charge in [0.15, 0.2) is 0 Å². The molecule has 1 amide bonds. The highest BCUT2D eigenvalue weighted by Gasteiger charge is 2.23. The molecule has 0 atom stereocenters. The molecule has 126 valence electrons. The summed E-state index contributed by atoms with van der Waals surface area (Å²) in [6.45, 7) is 3.15. The Kier molecular flexibility index (Phi) is 4.21. The number of carbonyl (C=O) groups is 1. The van der Waals surface area contributed by atoms with Crippen molar-refractivity contribution in [2.24, 2.45) is 0 Å². The normalized spacial score (nSPS) is 14.6. The number of aromatic nitrogens is 2. The van der Waals surface area contributed by atoms with Crippen molar-refractivity contribution in [1.29, 1.82) is 0 Å². The van der Waals surface area contributed by atoms with E-state index < -0.39 is 0 Å². The van der Waals surface area contributed by atoms with Gasteiger partial charge in [-0.15, -0.1) is 0 Å². The molecule has 1 aliphatic heterocycles. The van der Waals surface area contributed by atoms with Gasteiger partial charge in [-0.3, -0.25) is 4.79 Å². The van der Waals surface area contributed by atoms with E-state index in [0.29, 0.717) is 5.56 Å². The molecule has 2 heterocycles. The van der Waals surface area contributed by atoms with Crippen LogP contribution in [0.25, 0.3) is 5.69 Å². The molecule has 1 aromatic heterocycles. The second kappa shape index (κ2) is 6.81. The standard InChI is InChI=1S/C20H20N4O/c25-20(17-15-21-24(16-17)19-9-5-2-6-10-19)23-13-11-22(12-14-23)18-7-3-1-4-8-18/h1-10,15-16H,11-14H2. The molecule has 1 fully saturated rings. The van der Waals surface area contributed by atoms with Crippen molar-refractivity contribution in [3.63, 3.8) is 0 Å². The largest absolute Gasteiger partial charge is 0.368 e. The number of para-hydroxylation sites is 2. The van der Waals surface area contributed by atoms with Crippen LogP contribution in [0.2, 0.25) is 0 Å². The number of nitrogens with zero attached hydrogens (tertiary/aromatic N) is 4. The van der Waals surface area contributed by atoms with Crippen LogP contribution in [0.5, 0.6) is 0 Å². The summed E-state index contributed by atoms with van der Waals surface area (Å²) in [5.41, 5.74) is 2.80. The van der Waals surface area contributed by atoms with Crippen molar-refractivity contribution in [3.8, 4) is 5.69 Å². The fraction of sp³-hybridized carbons (Fsp3) is 0.200. The molecule has 0 spiro atoms. The Morgan fingerprint density at radius 2 is 1.40 bits per heavy atom. The van der Waals surface area contributed by atoms with E-state index in [-0.39, 0.29) is 5.91 Å². The maximum atomic E-state index is 12.7. The Bertz CT molecular complexity index is 836. The number of anilines is 1. The van der Waals surface area contributed by atoms with E-state index in [1.165, 1.54) is 5.69 Å². The van der Waals surface area contributed by atoms with Crippen LogP contribution in [0, 0.1) is 0 Å². The van der Waals surface area contributed by atoms with E-state index in [1.807, 2.05) is 53.4 Å². The highest BCUT2D eigenvalue weighted by Crippen LogP contribution is 2.17. The van der Waals surface area contributed by atoms with Gasteiger partial charge >= 0.3 is 0 Å². The predicted octanol–water partition coefficient (Wildman–Crippen LogP) is 2.83. The molecule has 4 rings (SSSR count). The molecule has 0 radical (unpaired) electrons. The summed E-state index contributed by atoms with van der Waals surface area (Å²) < 4.78 is 1.74. The van der Waals surface area contributed by atoms with Crippen LogP contribution < -0.4 is 4.90 Å². The summed E-state index contributed by atoms with van der Waals surface area (Å²) in [6.07, 6.45) is 3.46. The molecule has 2 aromatic carbocycles. The Morgan fingerprint density at radius 1 is 0.800 bits per heavy atom. The van der Waals surface area contributed by atoms with Crippen molar-refractivity contribution in [2.75, 3.05) is 31.1 Å². The Hall–Kier alpha value is -3.08. The fourth-order valence-electron chi connectivity index (χ4n) is 3.14. The molecule has 0 saturated carbocycles. The van der Waals surface area contributed by atoms with Crippen molar-refractivity contribution >= 4 is 11.6 Å². The van der Waals surface area contributed by atoms with Gasteiger partial charge in [-0.1, -0.05) is 36.4 Å². The quantitative estimate of drug-likeness (QED) is 0.741. The Labute approximate surface area is 147 Å².